The Hall–Kier alpha value is -2.83. The molecule has 2 aromatic carbocycles. The first-order valence-corrected chi connectivity index (χ1v) is 8.56. The van der Waals surface area contributed by atoms with E-state index in [1.807, 2.05) is 42.6 Å². The Morgan fingerprint density at radius 1 is 1.00 bits per heavy atom. The largest absolute Gasteiger partial charge is 0.405 e. The number of anilines is 1. The fraction of sp³-hybridized carbons (Fsp3) is 0.300. The monoisotopic (exact) mass is 378 g/mol. The van der Waals surface area contributed by atoms with Crippen LogP contribution in [0.15, 0.2) is 54.6 Å². The summed E-state index contributed by atoms with van der Waals surface area (Å²) >= 11 is 0. The Bertz CT molecular complexity index is 759. The zero-order chi connectivity index (χ0) is 19.9. The average molecular weight is 378 g/mol. The molecule has 4 nitrogen and oxygen atoms in total. The van der Waals surface area contributed by atoms with Crippen molar-refractivity contribution in [2.45, 2.75) is 31.9 Å². The summed E-state index contributed by atoms with van der Waals surface area (Å²) in [6, 6.07) is 15.9. The third-order valence-electron chi connectivity index (χ3n) is 4.00. The molecule has 27 heavy (non-hydrogen) atoms. The molecule has 2 rings (SSSR count). The Labute approximate surface area is 155 Å². The number of halogens is 3. The van der Waals surface area contributed by atoms with Crippen molar-refractivity contribution in [1.29, 1.82) is 0 Å². The van der Waals surface area contributed by atoms with Gasteiger partial charge in [0.15, 0.2) is 0 Å². The molecule has 0 aliphatic heterocycles. The van der Waals surface area contributed by atoms with Crippen molar-refractivity contribution in [3.8, 4) is 0 Å². The van der Waals surface area contributed by atoms with E-state index < -0.39 is 18.6 Å². The molecule has 0 saturated carbocycles. The van der Waals surface area contributed by atoms with Gasteiger partial charge in [0.05, 0.1) is 12.3 Å². The van der Waals surface area contributed by atoms with Gasteiger partial charge in [0.2, 0.25) is 11.8 Å². The van der Waals surface area contributed by atoms with E-state index in [0.717, 1.165) is 5.56 Å². The van der Waals surface area contributed by atoms with Crippen molar-refractivity contribution < 1.29 is 22.8 Å². The first kappa shape index (κ1) is 20.5. The molecule has 1 unspecified atom stereocenters. The van der Waals surface area contributed by atoms with E-state index in [9.17, 15) is 22.8 Å². The number of amides is 2. The molecule has 0 radical (unpaired) electrons. The summed E-state index contributed by atoms with van der Waals surface area (Å²) in [7, 11) is 0. The maximum Gasteiger partial charge on any atom is 0.405 e. The Kier molecular flexibility index (Phi) is 6.98. The molecule has 0 aliphatic carbocycles. The first-order valence-electron chi connectivity index (χ1n) is 8.56. The molecule has 2 N–H and O–H groups in total. The summed E-state index contributed by atoms with van der Waals surface area (Å²) in [6.07, 6.45) is -3.95. The van der Waals surface area contributed by atoms with Crippen LogP contribution in [0.25, 0.3) is 0 Å². The quantitative estimate of drug-likeness (QED) is 0.764. The number of hydrogen-bond acceptors (Lipinski definition) is 2. The van der Waals surface area contributed by atoms with Crippen LogP contribution in [0, 0.1) is 0 Å². The lowest BCUT2D eigenvalue weighted by atomic mass is 9.95. The third kappa shape index (κ3) is 6.77. The van der Waals surface area contributed by atoms with Crippen LogP contribution in [0.5, 0.6) is 0 Å². The van der Waals surface area contributed by atoms with Gasteiger partial charge in [-0.2, -0.15) is 13.2 Å². The van der Waals surface area contributed by atoms with Crippen LogP contribution in [-0.4, -0.2) is 24.5 Å². The lowest BCUT2D eigenvalue weighted by Crippen LogP contribution is -2.34. The molecule has 0 aliphatic rings. The average Bonchev–Trinajstić information content (AvgIpc) is 2.63. The van der Waals surface area contributed by atoms with Gasteiger partial charge in [-0.05, 0) is 29.7 Å². The van der Waals surface area contributed by atoms with Gasteiger partial charge >= 0.3 is 6.18 Å². The maximum atomic E-state index is 12.5. The number of nitrogens with one attached hydrogen (secondary N) is 2. The minimum absolute atomic E-state index is 0.139. The second-order valence-electron chi connectivity index (χ2n) is 6.13. The van der Waals surface area contributed by atoms with Crippen molar-refractivity contribution in [3.05, 3.63) is 65.7 Å². The van der Waals surface area contributed by atoms with Gasteiger partial charge in [0.1, 0.15) is 6.54 Å². The van der Waals surface area contributed by atoms with Gasteiger partial charge < -0.3 is 10.6 Å². The zero-order valence-corrected chi connectivity index (χ0v) is 14.8. The third-order valence-corrected chi connectivity index (χ3v) is 4.00. The van der Waals surface area contributed by atoms with Crippen LogP contribution in [-0.2, 0) is 16.0 Å². The van der Waals surface area contributed by atoms with Crippen LogP contribution in [0.4, 0.5) is 18.9 Å². The molecule has 1 atom stereocenters. The molecule has 0 bridgehead atoms. The molecule has 0 fully saturated rings. The van der Waals surface area contributed by atoms with E-state index >= 15 is 0 Å². The highest BCUT2D eigenvalue weighted by Gasteiger charge is 2.27. The van der Waals surface area contributed by atoms with Gasteiger partial charge in [0.25, 0.3) is 0 Å². The van der Waals surface area contributed by atoms with Crippen LogP contribution in [0.2, 0.25) is 0 Å². The normalized spacial score (nSPS) is 12.3. The van der Waals surface area contributed by atoms with E-state index in [-0.39, 0.29) is 18.2 Å². The number of carbonyl (C=O) groups is 2. The molecule has 7 heteroatoms. The molecule has 0 saturated heterocycles. The number of alkyl halides is 3. The van der Waals surface area contributed by atoms with Crippen molar-refractivity contribution in [3.63, 3.8) is 0 Å². The number of benzene rings is 2. The van der Waals surface area contributed by atoms with Crippen LogP contribution in [0.1, 0.15) is 30.4 Å². The molecule has 144 valence electrons. The van der Waals surface area contributed by atoms with Crippen LogP contribution < -0.4 is 10.6 Å². The SMILES string of the molecule is CCC(C(=O)Nc1ccc(CC(=O)NCC(F)(F)F)cc1)c1ccccc1. The molecule has 0 spiro atoms. The van der Waals surface area contributed by atoms with Gasteiger partial charge in [-0.1, -0.05) is 49.4 Å². The summed E-state index contributed by atoms with van der Waals surface area (Å²) in [5.41, 5.74) is 2.05. The van der Waals surface area contributed by atoms with E-state index in [0.29, 0.717) is 17.7 Å². The van der Waals surface area contributed by atoms with Crippen LogP contribution >= 0.6 is 0 Å². The number of rotatable bonds is 7. The lowest BCUT2D eigenvalue weighted by molar-refractivity contribution is -0.138. The molecule has 2 amide bonds. The van der Waals surface area contributed by atoms with Gasteiger partial charge in [-0.15, -0.1) is 0 Å². The number of carbonyl (C=O) groups excluding carboxylic acids is 2. The molecule has 0 heterocycles. The maximum absolute atomic E-state index is 12.5. The van der Waals surface area contributed by atoms with E-state index in [1.54, 1.807) is 24.3 Å². The molecule has 0 aromatic heterocycles. The van der Waals surface area contributed by atoms with Crippen molar-refractivity contribution in [2.75, 3.05) is 11.9 Å². The molecular weight excluding hydrogens is 357 g/mol. The van der Waals surface area contributed by atoms with Gasteiger partial charge in [-0.25, -0.2) is 0 Å². The Balaban J connectivity index is 1.93. The summed E-state index contributed by atoms with van der Waals surface area (Å²) < 4.78 is 36.3. The predicted molar refractivity (Wildman–Crippen MR) is 97.3 cm³/mol. The highest BCUT2D eigenvalue weighted by molar-refractivity contribution is 5.95. The van der Waals surface area contributed by atoms with Crippen molar-refractivity contribution in [1.82, 2.24) is 5.32 Å². The minimum Gasteiger partial charge on any atom is -0.347 e. The predicted octanol–water partition coefficient (Wildman–Crippen LogP) is 4.04. The highest BCUT2D eigenvalue weighted by atomic mass is 19.4. The van der Waals surface area contributed by atoms with E-state index in [1.165, 1.54) is 0 Å². The smallest absolute Gasteiger partial charge is 0.347 e. The minimum atomic E-state index is -4.43. The van der Waals surface area contributed by atoms with Gasteiger partial charge in [-0.3, -0.25) is 9.59 Å². The Morgan fingerprint density at radius 2 is 1.63 bits per heavy atom. The first-order chi connectivity index (χ1) is 12.8. The molecular formula is C20H21F3N2O2. The fourth-order valence-electron chi connectivity index (χ4n) is 2.64. The second kappa shape index (κ2) is 9.21. The summed E-state index contributed by atoms with van der Waals surface area (Å²) in [4.78, 5) is 24.0. The lowest BCUT2D eigenvalue weighted by Gasteiger charge is -2.15. The van der Waals surface area contributed by atoms with Crippen molar-refractivity contribution >= 4 is 17.5 Å². The Morgan fingerprint density at radius 3 is 2.19 bits per heavy atom. The number of hydrogen-bond donors (Lipinski definition) is 2. The highest BCUT2D eigenvalue weighted by Crippen LogP contribution is 2.22. The zero-order valence-electron chi connectivity index (χ0n) is 14.8. The fourth-order valence-corrected chi connectivity index (χ4v) is 2.64. The van der Waals surface area contributed by atoms with Crippen molar-refractivity contribution in [2.24, 2.45) is 0 Å². The standard InChI is InChI=1S/C20H21F3N2O2/c1-2-17(15-6-4-3-5-7-15)19(27)25-16-10-8-14(9-11-16)12-18(26)24-13-20(21,22)23/h3-11,17H,2,12-13H2,1H3,(H,24,26)(H,25,27). The van der Waals surface area contributed by atoms with Crippen LogP contribution in [0.3, 0.4) is 0 Å². The molecule has 2 aromatic rings. The van der Waals surface area contributed by atoms with E-state index in [4.69, 9.17) is 0 Å². The van der Waals surface area contributed by atoms with E-state index in [2.05, 4.69) is 5.32 Å². The summed E-state index contributed by atoms with van der Waals surface area (Å²) in [5.74, 6) is -1.13. The summed E-state index contributed by atoms with van der Waals surface area (Å²) in [5, 5.41) is 4.65. The topological polar surface area (TPSA) is 58.2 Å². The second-order valence-corrected chi connectivity index (χ2v) is 6.13. The summed E-state index contributed by atoms with van der Waals surface area (Å²) in [6.45, 7) is 0.581. The van der Waals surface area contributed by atoms with Gasteiger partial charge in [0, 0.05) is 5.69 Å².